The third kappa shape index (κ3) is 2.51. The zero-order valence-electron chi connectivity index (χ0n) is 6.92. The smallest absolute Gasteiger partial charge is 0.0866 e. The Balaban J connectivity index is 2.28. The maximum absolute atomic E-state index is 8.47. The minimum Gasteiger partial charge on any atom is -0.290 e. The highest BCUT2D eigenvalue weighted by Gasteiger charge is 2.17. The van der Waals surface area contributed by atoms with Gasteiger partial charge in [0.1, 0.15) is 0 Å². The quantitative estimate of drug-likeness (QED) is 0.558. The monoisotopic (exact) mass is 151 g/mol. The number of nitriles is 1. The molecule has 0 aromatic rings. The highest BCUT2D eigenvalue weighted by Crippen LogP contribution is 2.18. The summed E-state index contributed by atoms with van der Waals surface area (Å²) < 4.78 is 0. The van der Waals surface area contributed by atoms with E-state index in [9.17, 15) is 0 Å². The molecule has 0 amide bonds. The van der Waals surface area contributed by atoms with Crippen LogP contribution in [0.25, 0.3) is 0 Å². The van der Waals surface area contributed by atoms with Crippen LogP contribution in [0.15, 0.2) is 0 Å². The summed E-state index contributed by atoms with van der Waals surface area (Å²) in [6.07, 6.45) is 3.55. The van der Waals surface area contributed by atoms with Gasteiger partial charge in [0, 0.05) is 6.54 Å². The van der Waals surface area contributed by atoms with Gasteiger partial charge < -0.3 is 0 Å². The largest absolute Gasteiger partial charge is 0.290 e. The molecule has 1 rings (SSSR count). The van der Waals surface area contributed by atoms with Crippen molar-refractivity contribution in [3.05, 3.63) is 6.92 Å². The average Bonchev–Trinajstić information content (AvgIpc) is 2.06. The highest BCUT2D eigenvalue weighted by atomic mass is 15.1. The van der Waals surface area contributed by atoms with Crippen molar-refractivity contribution < 1.29 is 0 Å². The van der Waals surface area contributed by atoms with Gasteiger partial charge in [0.2, 0.25) is 0 Å². The second kappa shape index (κ2) is 4.35. The van der Waals surface area contributed by atoms with E-state index in [0.29, 0.717) is 6.54 Å². The molecule has 11 heavy (non-hydrogen) atoms. The van der Waals surface area contributed by atoms with Gasteiger partial charge in [-0.05, 0) is 31.7 Å². The molecule has 0 saturated carbocycles. The Hall–Kier alpha value is -0.550. The minimum atomic E-state index is 0.594. The molecule has 1 aliphatic rings. The molecule has 0 bridgehead atoms. The topological polar surface area (TPSA) is 27.0 Å². The van der Waals surface area contributed by atoms with Crippen molar-refractivity contribution in [3.63, 3.8) is 0 Å². The molecule has 1 unspecified atom stereocenters. The molecule has 1 fully saturated rings. The van der Waals surface area contributed by atoms with E-state index in [2.05, 4.69) is 17.9 Å². The zero-order chi connectivity index (χ0) is 8.10. The molecule has 1 radical (unpaired) electrons. The fourth-order valence-corrected chi connectivity index (χ4v) is 1.63. The SMILES string of the molecule is [CH2]CC1CCCN(CC#N)C1. The first-order valence-corrected chi connectivity index (χ1v) is 4.25. The van der Waals surface area contributed by atoms with Crippen LogP contribution in [0, 0.1) is 24.2 Å². The lowest BCUT2D eigenvalue weighted by molar-refractivity contribution is 0.194. The molecule has 0 aliphatic carbocycles. The molecule has 2 nitrogen and oxygen atoms in total. The standard InChI is InChI=1S/C9H15N2/c1-2-9-4-3-6-11(8-9)7-5-10/h9H,1-4,6-8H2. The predicted octanol–water partition coefficient (Wildman–Crippen LogP) is 1.45. The molecule has 1 heterocycles. The van der Waals surface area contributed by atoms with E-state index in [1.165, 1.54) is 12.8 Å². The molecular weight excluding hydrogens is 136 g/mol. The Morgan fingerprint density at radius 3 is 3.09 bits per heavy atom. The van der Waals surface area contributed by atoms with Crippen LogP contribution in [-0.4, -0.2) is 24.5 Å². The van der Waals surface area contributed by atoms with Gasteiger partial charge in [-0.15, -0.1) is 0 Å². The Morgan fingerprint density at radius 1 is 1.64 bits per heavy atom. The van der Waals surface area contributed by atoms with Gasteiger partial charge in [-0.2, -0.15) is 5.26 Å². The number of likely N-dealkylation sites (tertiary alicyclic amines) is 1. The first-order valence-electron chi connectivity index (χ1n) is 4.25. The molecule has 1 aliphatic heterocycles. The van der Waals surface area contributed by atoms with E-state index in [0.717, 1.165) is 25.4 Å². The second-order valence-corrected chi connectivity index (χ2v) is 3.19. The third-order valence-corrected chi connectivity index (χ3v) is 2.31. The Morgan fingerprint density at radius 2 is 2.45 bits per heavy atom. The van der Waals surface area contributed by atoms with Crippen molar-refractivity contribution in [2.45, 2.75) is 19.3 Å². The Bertz CT molecular complexity index is 148. The molecule has 61 valence electrons. The van der Waals surface area contributed by atoms with E-state index < -0.39 is 0 Å². The van der Waals surface area contributed by atoms with E-state index in [4.69, 9.17) is 5.26 Å². The molecule has 1 saturated heterocycles. The lowest BCUT2D eigenvalue weighted by Crippen LogP contribution is -2.35. The first kappa shape index (κ1) is 8.55. The molecule has 2 heteroatoms. The summed E-state index contributed by atoms with van der Waals surface area (Å²) in [6.45, 7) is 6.67. The van der Waals surface area contributed by atoms with Gasteiger partial charge in [-0.1, -0.05) is 6.92 Å². The fourth-order valence-electron chi connectivity index (χ4n) is 1.63. The van der Waals surface area contributed by atoms with Gasteiger partial charge in [0.05, 0.1) is 12.6 Å². The predicted molar refractivity (Wildman–Crippen MR) is 44.8 cm³/mol. The van der Waals surface area contributed by atoms with E-state index in [-0.39, 0.29) is 0 Å². The number of nitrogens with zero attached hydrogens (tertiary/aromatic N) is 2. The number of hydrogen-bond donors (Lipinski definition) is 0. The molecule has 0 N–H and O–H groups in total. The van der Waals surface area contributed by atoms with E-state index in [1.54, 1.807) is 0 Å². The van der Waals surface area contributed by atoms with E-state index in [1.807, 2.05) is 0 Å². The van der Waals surface area contributed by atoms with Gasteiger partial charge in [0.25, 0.3) is 0 Å². The van der Waals surface area contributed by atoms with Gasteiger partial charge in [-0.25, -0.2) is 0 Å². The average molecular weight is 151 g/mol. The summed E-state index contributed by atoms with van der Waals surface area (Å²) in [6, 6.07) is 2.19. The van der Waals surface area contributed by atoms with Crippen LogP contribution < -0.4 is 0 Å². The zero-order valence-corrected chi connectivity index (χ0v) is 6.92. The van der Waals surface area contributed by atoms with Crippen LogP contribution in [0.4, 0.5) is 0 Å². The first-order chi connectivity index (χ1) is 5.36. The summed E-state index contributed by atoms with van der Waals surface area (Å²) in [7, 11) is 0. The van der Waals surface area contributed by atoms with Crippen LogP contribution in [0.5, 0.6) is 0 Å². The minimum absolute atomic E-state index is 0.594. The van der Waals surface area contributed by atoms with Gasteiger partial charge >= 0.3 is 0 Å². The van der Waals surface area contributed by atoms with Crippen LogP contribution in [-0.2, 0) is 0 Å². The van der Waals surface area contributed by atoms with Gasteiger partial charge in [-0.3, -0.25) is 4.90 Å². The van der Waals surface area contributed by atoms with Crippen molar-refractivity contribution >= 4 is 0 Å². The molecule has 0 aromatic carbocycles. The van der Waals surface area contributed by atoms with Crippen LogP contribution in [0.2, 0.25) is 0 Å². The molecular formula is C9H15N2. The molecule has 1 atom stereocenters. The number of rotatable bonds is 2. The van der Waals surface area contributed by atoms with Crippen molar-refractivity contribution in [1.29, 1.82) is 5.26 Å². The summed E-state index contributed by atoms with van der Waals surface area (Å²) in [5, 5.41) is 8.47. The lowest BCUT2D eigenvalue weighted by atomic mass is 9.96. The maximum atomic E-state index is 8.47. The Kier molecular flexibility index (Phi) is 3.38. The number of hydrogen-bond acceptors (Lipinski definition) is 2. The summed E-state index contributed by atoms with van der Waals surface area (Å²) >= 11 is 0. The summed E-state index contributed by atoms with van der Waals surface area (Å²) in [5.74, 6) is 0.733. The van der Waals surface area contributed by atoms with E-state index >= 15 is 0 Å². The van der Waals surface area contributed by atoms with Crippen molar-refractivity contribution in [2.75, 3.05) is 19.6 Å². The van der Waals surface area contributed by atoms with Crippen LogP contribution >= 0.6 is 0 Å². The summed E-state index contributed by atoms with van der Waals surface area (Å²) in [4.78, 5) is 2.22. The summed E-state index contributed by atoms with van der Waals surface area (Å²) in [5.41, 5.74) is 0. The van der Waals surface area contributed by atoms with Crippen LogP contribution in [0.3, 0.4) is 0 Å². The van der Waals surface area contributed by atoms with Crippen molar-refractivity contribution in [2.24, 2.45) is 5.92 Å². The molecule has 0 aromatic heterocycles. The Labute approximate surface area is 68.8 Å². The third-order valence-electron chi connectivity index (χ3n) is 2.31. The normalized spacial score (nSPS) is 26.4. The lowest BCUT2D eigenvalue weighted by Gasteiger charge is -2.30. The van der Waals surface area contributed by atoms with Crippen LogP contribution in [0.1, 0.15) is 19.3 Å². The highest BCUT2D eigenvalue weighted by molar-refractivity contribution is 4.81. The second-order valence-electron chi connectivity index (χ2n) is 3.19. The number of piperidine rings is 1. The van der Waals surface area contributed by atoms with Crippen molar-refractivity contribution in [3.8, 4) is 6.07 Å². The fraction of sp³-hybridized carbons (Fsp3) is 0.778. The van der Waals surface area contributed by atoms with Crippen molar-refractivity contribution in [1.82, 2.24) is 4.90 Å². The molecule has 0 spiro atoms. The van der Waals surface area contributed by atoms with Gasteiger partial charge in [0.15, 0.2) is 0 Å². The maximum Gasteiger partial charge on any atom is 0.0866 e.